The number of nitrogens with two attached hydrogens (primary N) is 1. The van der Waals surface area contributed by atoms with E-state index in [1.165, 1.54) is 4.68 Å². The molecule has 0 unspecified atom stereocenters. The Kier molecular flexibility index (Phi) is 2.55. The highest BCUT2D eigenvalue weighted by Crippen LogP contribution is 2.25. The Balaban J connectivity index is 2.61. The van der Waals surface area contributed by atoms with Gasteiger partial charge in [-0.1, -0.05) is 12.1 Å². The van der Waals surface area contributed by atoms with Crippen LogP contribution in [-0.4, -0.2) is 14.7 Å². The molecular weight excluding hydrogens is 220 g/mol. The lowest BCUT2D eigenvalue weighted by atomic mass is 10.1. The maximum Gasteiger partial charge on any atom is 0.331 e. The van der Waals surface area contributed by atoms with Crippen LogP contribution in [0.3, 0.4) is 0 Å². The Labute approximate surface area is 97.8 Å². The first-order valence-electron chi connectivity index (χ1n) is 5.06. The number of hydrogen-bond acceptors (Lipinski definition) is 4. The number of hydrogen-bond donors (Lipinski definition) is 1. The minimum atomic E-state index is -0.538. The Morgan fingerprint density at radius 2 is 2.12 bits per heavy atom. The number of anilines is 1. The van der Waals surface area contributed by atoms with E-state index < -0.39 is 4.92 Å². The zero-order chi connectivity index (χ0) is 12.6. The van der Waals surface area contributed by atoms with Crippen LogP contribution < -0.4 is 5.73 Å². The van der Waals surface area contributed by atoms with Gasteiger partial charge in [0.15, 0.2) is 0 Å². The first kappa shape index (κ1) is 11.1. The van der Waals surface area contributed by atoms with Crippen LogP contribution in [0, 0.1) is 24.0 Å². The highest BCUT2D eigenvalue weighted by molar-refractivity contribution is 5.57. The van der Waals surface area contributed by atoms with E-state index >= 15 is 0 Å². The average Bonchev–Trinajstić information content (AvgIpc) is 2.64. The second-order valence-electron chi connectivity index (χ2n) is 3.87. The van der Waals surface area contributed by atoms with Gasteiger partial charge in [0, 0.05) is 0 Å². The van der Waals surface area contributed by atoms with Gasteiger partial charge in [0.25, 0.3) is 0 Å². The van der Waals surface area contributed by atoms with E-state index in [-0.39, 0.29) is 11.5 Å². The predicted molar refractivity (Wildman–Crippen MR) is 64.1 cm³/mol. The summed E-state index contributed by atoms with van der Waals surface area (Å²) in [6, 6.07) is 5.78. The second-order valence-corrected chi connectivity index (χ2v) is 3.87. The largest absolute Gasteiger partial charge is 0.378 e. The summed E-state index contributed by atoms with van der Waals surface area (Å²) in [4.78, 5) is 10.2. The SMILES string of the molecule is Cc1ccc(C)c(-n2ncc([N+](=O)[O-])c2N)c1. The summed E-state index contributed by atoms with van der Waals surface area (Å²) in [7, 11) is 0. The monoisotopic (exact) mass is 232 g/mol. The number of rotatable bonds is 2. The quantitative estimate of drug-likeness (QED) is 0.633. The van der Waals surface area contributed by atoms with Gasteiger partial charge >= 0.3 is 5.69 Å². The summed E-state index contributed by atoms with van der Waals surface area (Å²) >= 11 is 0. The first-order chi connectivity index (χ1) is 8.00. The minimum Gasteiger partial charge on any atom is -0.378 e. The molecule has 1 heterocycles. The molecule has 6 heteroatoms. The molecule has 1 aromatic carbocycles. The average molecular weight is 232 g/mol. The van der Waals surface area contributed by atoms with E-state index in [4.69, 9.17) is 5.73 Å². The third-order valence-corrected chi connectivity index (χ3v) is 2.58. The van der Waals surface area contributed by atoms with Crippen LogP contribution in [0.5, 0.6) is 0 Å². The van der Waals surface area contributed by atoms with Crippen LogP contribution in [0.15, 0.2) is 24.4 Å². The van der Waals surface area contributed by atoms with E-state index in [9.17, 15) is 10.1 Å². The topological polar surface area (TPSA) is 87.0 Å². The van der Waals surface area contributed by atoms with Crippen molar-refractivity contribution in [2.45, 2.75) is 13.8 Å². The van der Waals surface area contributed by atoms with E-state index in [1.807, 2.05) is 32.0 Å². The standard InChI is InChI=1S/C11H12N4O2/c1-7-3-4-8(2)9(5-7)14-11(12)10(6-13-14)15(16)17/h3-6H,12H2,1-2H3. The van der Waals surface area contributed by atoms with Crippen molar-refractivity contribution in [1.82, 2.24) is 9.78 Å². The number of benzene rings is 1. The molecular formula is C11H12N4O2. The zero-order valence-corrected chi connectivity index (χ0v) is 9.54. The van der Waals surface area contributed by atoms with Gasteiger partial charge in [-0.05, 0) is 31.0 Å². The molecule has 0 spiro atoms. The molecule has 2 N–H and O–H groups in total. The maximum atomic E-state index is 10.7. The van der Waals surface area contributed by atoms with Crippen molar-refractivity contribution in [2.75, 3.05) is 5.73 Å². The summed E-state index contributed by atoms with van der Waals surface area (Å²) in [5.41, 5.74) is 8.30. The molecule has 17 heavy (non-hydrogen) atoms. The maximum absolute atomic E-state index is 10.7. The third kappa shape index (κ3) is 1.84. The molecule has 0 aliphatic rings. The Hall–Kier alpha value is -2.37. The van der Waals surface area contributed by atoms with Crippen molar-refractivity contribution in [3.63, 3.8) is 0 Å². The Bertz CT molecular complexity index is 589. The van der Waals surface area contributed by atoms with E-state index in [0.29, 0.717) is 0 Å². The highest BCUT2D eigenvalue weighted by Gasteiger charge is 2.19. The van der Waals surface area contributed by atoms with Gasteiger partial charge in [0.05, 0.1) is 10.6 Å². The van der Waals surface area contributed by atoms with Crippen LogP contribution in [0.2, 0.25) is 0 Å². The van der Waals surface area contributed by atoms with Crippen molar-refractivity contribution in [2.24, 2.45) is 0 Å². The van der Waals surface area contributed by atoms with Crippen molar-refractivity contribution in [3.8, 4) is 5.69 Å². The molecule has 2 rings (SSSR count). The smallest absolute Gasteiger partial charge is 0.331 e. The van der Waals surface area contributed by atoms with Crippen molar-refractivity contribution in [3.05, 3.63) is 45.6 Å². The van der Waals surface area contributed by atoms with Crippen LogP contribution in [0.25, 0.3) is 5.69 Å². The third-order valence-electron chi connectivity index (χ3n) is 2.58. The predicted octanol–water partition coefficient (Wildman–Crippen LogP) is 1.98. The molecule has 0 fully saturated rings. The number of aromatic nitrogens is 2. The minimum absolute atomic E-state index is 0.0451. The molecule has 0 atom stereocenters. The van der Waals surface area contributed by atoms with Gasteiger partial charge in [0.2, 0.25) is 5.82 Å². The van der Waals surface area contributed by atoms with Crippen LogP contribution in [-0.2, 0) is 0 Å². The first-order valence-corrected chi connectivity index (χ1v) is 5.06. The fraction of sp³-hybridized carbons (Fsp3) is 0.182. The van der Waals surface area contributed by atoms with Crippen molar-refractivity contribution < 1.29 is 4.92 Å². The molecule has 88 valence electrons. The van der Waals surface area contributed by atoms with Crippen molar-refractivity contribution in [1.29, 1.82) is 0 Å². The second kappa shape index (κ2) is 3.89. The van der Waals surface area contributed by atoms with Gasteiger partial charge in [-0.15, -0.1) is 0 Å². The summed E-state index contributed by atoms with van der Waals surface area (Å²) < 4.78 is 1.39. The van der Waals surface area contributed by atoms with Crippen LogP contribution >= 0.6 is 0 Å². The van der Waals surface area contributed by atoms with Gasteiger partial charge in [-0.25, -0.2) is 4.68 Å². The summed E-state index contributed by atoms with van der Waals surface area (Å²) in [6.07, 6.45) is 1.16. The number of nitrogens with zero attached hydrogens (tertiary/aromatic N) is 3. The molecule has 0 aliphatic carbocycles. The lowest BCUT2D eigenvalue weighted by molar-refractivity contribution is -0.383. The molecule has 2 aromatic rings. The van der Waals surface area contributed by atoms with Gasteiger partial charge < -0.3 is 5.73 Å². The number of nitrogen functional groups attached to an aromatic ring is 1. The number of aryl methyl sites for hydroxylation is 2. The summed E-state index contributed by atoms with van der Waals surface area (Å²) in [5, 5.41) is 14.6. The Morgan fingerprint density at radius 3 is 2.71 bits per heavy atom. The van der Waals surface area contributed by atoms with E-state index in [1.54, 1.807) is 0 Å². The van der Waals surface area contributed by atoms with Gasteiger partial charge in [0.1, 0.15) is 6.20 Å². The van der Waals surface area contributed by atoms with Crippen molar-refractivity contribution >= 4 is 11.5 Å². The zero-order valence-electron chi connectivity index (χ0n) is 9.54. The lowest BCUT2D eigenvalue weighted by Gasteiger charge is -2.08. The summed E-state index contributed by atoms with van der Waals surface area (Å²) in [6.45, 7) is 3.85. The molecule has 6 nitrogen and oxygen atoms in total. The fourth-order valence-electron chi connectivity index (χ4n) is 1.63. The van der Waals surface area contributed by atoms with E-state index in [2.05, 4.69) is 5.10 Å². The molecule has 0 bridgehead atoms. The van der Waals surface area contributed by atoms with Crippen LogP contribution in [0.4, 0.5) is 11.5 Å². The van der Waals surface area contributed by atoms with Crippen LogP contribution in [0.1, 0.15) is 11.1 Å². The molecule has 0 amide bonds. The fourth-order valence-corrected chi connectivity index (χ4v) is 1.63. The highest BCUT2D eigenvalue weighted by atomic mass is 16.6. The molecule has 1 aromatic heterocycles. The molecule has 0 saturated carbocycles. The summed E-state index contributed by atoms with van der Waals surface area (Å²) in [5.74, 6) is 0.0451. The molecule has 0 aliphatic heterocycles. The molecule has 0 radical (unpaired) electrons. The Morgan fingerprint density at radius 1 is 1.41 bits per heavy atom. The van der Waals surface area contributed by atoms with Gasteiger partial charge in [-0.2, -0.15) is 5.10 Å². The molecule has 0 saturated heterocycles. The van der Waals surface area contributed by atoms with E-state index in [0.717, 1.165) is 23.0 Å². The normalized spacial score (nSPS) is 10.5. The number of nitro groups is 1. The lowest BCUT2D eigenvalue weighted by Crippen LogP contribution is -2.05. The van der Waals surface area contributed by atoms with Gasteiger partial charge in [-0.3, -0.25) is 10.1 Å².